The zero-order chi connectivity index (χ0) is 25.1. The summed E-state index contributed by atoms with van der Waals surface area (Å²) in [5.74, 6) is 0.848. The Morgan fingerprint density at radius 1 is 1.06 bits per heavy atom. The molecule has 7 nitrogen and oxygen atoms in total. The van der Waals surface area contributed by atoms with Crippen molar-refractivity contribution in [1.82, 2.24) is 14.7 Å². The Hall–Kier alpha value is -3.41. The minimum absolute atomic E-state index is 0.0321. The average molecular weight is 488 g/mol. The number of nitrogens with one attached hydrogen (secondary N) is 1. The van der Waals surface area contributed by atoms with Crippen LogP contribution in [0.1, 0.15) is 31.2 Å². The third kappa shape index (κ3) is 5.38. The quantitative estimate of drug-likeness (QED) is 0.541. The number of aromatic nitrogens is 2. The van der Waals surface area contributed by atoms with Crippen molar-refractivity contribution in [3.8, 4) is 23.0 Å². The minimum atomic E-state index is -0.535. The number of hydrogen-bond donors (Lipinski definition) is 2. The van der Waals surface area contributed by atoms with E-state index in [1.54, 1.807) is 6.07 Å². The van der Waals surface area contributed by atoms with Gasteiger partial charge in [-0.05, 0) is 68.6 Å². The second kappa shape index (κ2) is 10.7. The van der Waals surface area contributed by atoms with Crippen molar-refractivity contribution in [2.24, 2.45) is 11.7 Å². The van der Waals surface area contributed by atoms with Crippen LogP contribution in [-0.2, 0) is 0 Å². The van der Waals surface area contributed by atoms with E-state index in [4.69, 9.17) is 16.1 Å². The van der Waals surface area contributed by atoms with Gasteiger partial charge in [-0.15, -0.1) is 0 Å². The number of hydrogen-bond acceptors (Lipinski definition) is 6. The van der Waals surface area contributed by atoms with Gasteiger partial charge in [0, 0.05) is 56.1 Å². The van der Waals surface area contributed by atoms with Crippen LogP contribution in [0.15, 0.2) is 48.5 Å². The first-order chi connectivity index (χ1) is 17.5. The van der Waals surface area contributed by atoms with Gasteiger partial charge in [0.2, 0.25) is 0 Å². The summed E-state index contributed by atoms with van der Waals surface area (Å²) < 4.78 is 16.2. The second-order valence-corrected chi connectivity index (χ2v) is 10.1. The van der Waals surface area contributed by atoms with Crippen LogP contribution in [0.25, 0.3) is 16.9 Å². The highest BCUT2D eigenvalue weighted by Crippen LogP contribution is 2.29. The van der Waals surface area contributed by atoms with Crippen LogP contribution in [0.4, 0.5) is 15.9 Å². The first-order valence-corrected chi connectivity index (χ1v) is 12.8. The summed E-state index contributed by atoms with van der Waals surface area (Å²) in [6.45, 7) is 4.97. The van der Waals surface area contributed by atoms with Gasteiger partial charge in [-0.2, -0.15) is 10.4 Å². The maximum Gasteiger partial charge on any atom is 0.141 e. The van der Waals surface area contributed by atoms with E-state index < -0.39 is 5.82 Å². The molecule has 1 aromatic heterocycles. The molecule has 2 aliphatic rings. The highest BCUT2D eigenvalue weighted by molar-refractivity contribution is 5.66. The number of nitrogens with zero attached hydrogens (tertiary/aromatic N) is 5. The van der Waals surface area contributed by atoms with Crippen LogP contribution in [0, 0.1) is 23.1 Å². The van der Waals surface area contributed by atoms with Crippen molar-refractivity contribution in [3.63, 3.8) is 0 Å². The minimum Gasteiger partial charge on any atom is -0.370 e. The van der Waals surface area contributed by atoms with Gasteiger partial charge in [0.25, 0.3) is 0 Å². The summed E-state index contributed by atoms with van der Waals surface area (Å²) in [4.78, 5) is 4.75. The molecule has 1 aliphatic heterocycles. The van der Waals surface area contributed by atoms with Crippen LogP contribution in [0.2, 0.25) is 0 Å². The summed E-state index contributed by atoms with van der Waals surface area (Å²) in [5.41, 5.74) is 9.68. The van der Waals surface area contributed by atoms with Crippen molar-refractivity contribution in [2.45, 2.75) is 31.7 Å². The Bertz CT molecular complexity index is 1220. The van der Waals surface area contributed by atoms with Crippen molar-refractivity contribution in [1.29, 1.82) is 5.26 Å². The largest absolute Gasteiger partial charge is 0.370 e. The van der Waals surface area contributed by atoms with Gasteiger partial charge >= 0.3 is 0 Å². The van der Waals surface area contributed by atoms with Crippen LogP contribution in [-0.4, -0.2) is 60.5 Å². The Balaban J connectivity index is 1.42. The molecule has 3 N–H and O–H groups in total. The van der Waals surface area contributed by atoms with Crippen molar-refractivity contribution < 1.29 is 4.39 Å². The van der Waals surface area contributed by atoms with E-state index >= 15 is 0 Å². The molecule has 0 unspecified atom stereocenters. The number of nitrogens with two attached hydrogens (primary N) is 1. The predicted molar refractivity (Wildman–Crippen MR) is 142 cm³/mol. The average Bonchev–Trinajstić information content (AvgIpc) is 3.32. The normalized spacial score (nSPS) is 20.8. The van der Waals surface area contributed by atoms with E-state index in [9.17, 15) is 4.39 Å². The Labute approximate surface area is 212 Å². The Morgan fingerprint density at radius 2 is 1.81 bits per heavy atom. The molecule has 0 bridgehead atoms. The molecule has 2 fully saturated rings. The molecule has 0 amide bonds. The van der Waals surface area contributed by atoms with Gasteiger partial charge < -0.3 is 20.9 Å². The molecule has 3 aromatic rings. The number of rotatable bonds is 6. The molecule has 1 saturated heterocycles. The Morgan fingerprint density at radius 3 is 2.50 bits per heavy atom. The molecule has 5 rings (SSSR count). The SMILES string of the molecule is CN1CCN(c2ccc(-n3nc(-c4ccc(C#N)c(F)c4)cc3NC[C@H]3CCC[C@H](N)C3)cc2)CC1. The molecule has 1 saturated carbocycles. The highest BCUT2D eigenvalue weighted by Gasteiger charge is 2.21. The predicted octanol–water partition coefficient (Wildman–Crippen LogP) is 4.23. The van der Waals surface area contributed by atoms with Crippen molar-refractivity contribution in [2.75, 3.05) is 50.0 Å². The summed E-state index contributed by atoms with van der Waals surface area (Å²) in [7, 11) is 2.16. The van der Waals surface area contributed by atoms with E-state index in [-0.39, 0.29) is 11.6 Å². The lowest BCUT2D eigenvalue weighted by Crippen LogP contribution is -2.44. The van der Waals surface area contributed by atoms with Crippen molar-refractivity contribution >= 4 is 11.5 Å². The molecule has 0 radical (unpaired) electrons. The van der Waals surface area contributed by atoms with Gasteiger partial charge in [0.15, 0.2) is 0 Å². The molecular formula is C28H34FN7. The molecule has 1 aliphatic carbocycles. The maximum atomic E-state index is 14.3. The summed E-state index contributed by atoms with van der Waals surface area (Å²) in [5, 5.41) is 17.5. The van der Waals surface area contributed by atoms with E-state index in [1.165, 1.54) is 24.2 Å². The van der Waals surface area contributed by atoms with Gasteiger partial charge in [-0.3, -0.25) is 0 Å². The zero-order valence-corrected chi connectivity index (χ0v) is 20.8. The van der Waals surface area contributed by atoms with Crippen LogP contribution >= 0.6 is 0 Å². The van der Waals surface area contributed by atoms with Gasteiger partial charge in [0.1, 0.15) is 17.7 Å². The monoisotopic (exact) mass is 487 g/mol. The lowest BCUT2D eigenvalue weighted by Gasteiger charge is -2.34. The van der Waals surface area contributed by atoms with Gasteiger partial charge in [0.05, 0.1) is 16.9 Å². The molecule has 36 heavy (non-hydrogen) atoms. The first-order valence-electron chi connectivity index (χ1n) is 12.8. The van der Waals surface area contributed by atoms with E-state index in [0.29, 0.717) is 17.2 Å². The molecule has 8 heteroatoms. The van der Waals surface area contributed by atoms with E-state index in [1.807, 2.05) is 16.8 Å². The lowest BCUT2D eigenvalue weighted by molar-refractivity contribution is 0.313. The molecule has 2 atom stereocenters. The summed E-state index contributed by atoms with van der Waals surface area (Å²) in [6, 6.07) is 17.2. The fourth-order valence-electron chi connectivity index (χ4n) is 5.25. The molecule has 2 heterocycles. The number of benzene rings is 2. The number of piperazine rings is 1. The second-order valence-electron chi connectivity index (χ2n) is 10.1. The number of anilines is 2. The Kier molecular flexibility index (Phi) is 7.21. The van der Waals surface area contributed by atoms with Crippen molar-refractivity contribution in [3.05, 3.63) is 59.9 Å². The third-order valence-electron chi connectivity index (χ3n) is 7.45. The molecule has 2 aromatic carbocycles. The third-order valence-corrected chi connectivity index (χ3v) is 7.45. The van der Waals surface area contributed by atoms with Gasteiger partial charge in [-0.1, -0.05) is 12.5 Å². The van der Waals surface area contributed by atoms with E-state index in [0.717, 1.165) is 63.5 Å². The number of halogens is 1. The number of likely N-dealkylation sites (N-methyl/N-ethyl adjacent to an activating group) is 1. The first kappa shape index (κ1) is 24.3. The molecular weight excluding hydrogens is 453 g/mol. The fourth-order valence-corrected chi connectivity index (χ4v) is 5.25. The lowest BCUT2D eigenvalue weighted by atomic mass is 9.86. The molecule has 0 spiro atoms. The fraction of sp³-hybridized carbons (Fsp3) is 0.429. The van der Waals surface area contributed by atoms with E-state index in [2.05, 4.69) is 46.4 Å². The topological polar surface area (TPSA) is 86.1 Å². The summed E-state index contributed by atoms with van der Waals surface area (Å²) >= 11 is 0. The standard InChI is InChI=1S/C28H34FN7/c1-34-11-13-35(14-12-34)24-7-9-25(10-8-24)36-28(32-19-20-3-2-4-23(31)15-20)17-27(33-36)21-5-6-22(18-30)26(29)16-21/h5-10,16-17,20,23,32H,2-4,11-15,19,31H2,1H3/t20-,23-/m0/s1. The van der Waals surface area contributed by atoms with Crippen LogP contribution in [0.3, 0.4) is 0 Å². The maximum absolute atomic E-state index is 14.3. The van der Waals surface area contributed by atoms with Crippen LogP contribution in [0.5, 0.6) is 0 Å². The highest BCUT2D eigenvalue weighted by atomic mass is 19.1. The zero-order valence-electron chi connectivity index (χ0n) is 20.8. The van der Waals surface area contributed by atoms with Crippen LogP contribution < -0.4 is 16.0 Å². The number of nitriles is 1. The smallest absolute Gasteiger partial charge is 0.141 e. The molecule has 188 valence electrons. The van der Waals surface area contributed by atoms with Gasteiger partial charge in [-0.25, -0.2) is 9.07 Å². The summed E-state index contributed by atoms with van der Waals surface area (Å²) in [6.07, 6.45) is 4.45.